The van der Waals surface area contributed by atoms with Gasteiger partial charge >= 0.3 is 0 Å². The molecule has 1 aromatic heterocycles. The van der Waals surface area contributed by atoms with Gasteiger partial charge < -0.3 is 9.80 Å². The third-order valence-corrected chi connectivity index (χ3v) is 6.96. The monoisotopic (exact) mass is 431 g/mol. The van der Waals surface area contributed by atoms with Crippen LogP contribution >= 0.6 is 11.7 Å². The molecule has 1 amide bonds. The van der Waals surface area contributed by atoms with Crippen molar-refractivity contribution in [1.82, 2.24) is 18.4 Å². The van der Waals surface area contributed by atoms with Gasteiger partial charge in [-0.25, -0.2) is 13.1 Å². The molecule has 0 atom stereocenters. The standard InChI is InChI=1S/C19H21N5O3S2/c25-18(24-13-11-23(12-14-24)15-5-2-1-3-6-15)9-10-20-29(26,27)17-8-4-7-16-19(17)22-28-21-16/h1-8,20H,9-14H2. The number of piperazine rings is 1. The molecule has 0 aliphatic carbocycles. The summed E-state index contributed by atoms with van der Waals surface area (Å²) < 4.78 is 35.8. The van der Waals surface area contributed by atoms with Crippen LogP contribution in [0.2, 0.25) is 0 Å². The van der Waals surface area contributed by atoms with Gasteiger partial charge in [0, 0.05) is 44.8 Å². The lowest BCUT2D eigenvalue weighted by Gasteiger charge is -2.36. The van der Waals surface area contributed by atoms with E-state index in [1.165, 1.54) is 6.07 Å². The van der Waals surface area contributed by atoms with E-state index in [1.807, 2.05) is 18.2 Å². The molecule has 8 nitrogen and oxygen atoms in total. The minimum Gasteiger partial charge on any atom is -0.368 e. The molecule has 2 heterocycles. The molecule has 152 valence electrons. The van der Waals surface area contributed by atoms with E-state index in [9.17, 15) is 13.2 Å². The number of amides is 1. The van der Waals surface area contributed by atoms with Gasteiger partial charge in [0.15, 0.2) is 0 Å². The molecule has 0 saturated carbocycles. The van der Waals surface area contributed by atoms with Crippen LogP contribution in [0.3, 0.4) is 0 Å². The molecule has 1 fully saturated rings. The number of hydrogen-bond acceptors (Lipinski definition) is 7. The van der Waals surface area contributed by atoms with Crippen LogP contribution in [-0.2, 0) is 14.8 Å². The summed E-state index contributed by atoms with van der Waals surface area (Å²) in [7, 11) is -3.75. The van der Waals surface area contributed by atoms with Crippen molar-refractivity contribution in [3.8, 4) is 0 Å². The maximum absolute atomic E-state index is 12.6. The number of aromatic nitrogens is 2. The van der Waals surface area contributed by atoms with Gasteiger partial charge in [0.2, 0.25) is 15.9 Å². The molecule has 1 aliphatic heterocycles. The SMILES string of the molecule is O=C(CCNS(=O)(=O)c1cccc2nsnc12)N1CCN(c2ccccc2)CC1. The first-order valence-corrected chi connectivity index (χ1v) is 11.5. The highest BCUT2D eigenvalue weighted by Crippen LogP contribution is 2.21. The molecule has 3 aromatic rings. The van der Waals surface area contributed by atoms with Crippen molar-refractivity contribution in [2.45, 2.75) is 11.3 Å². The lowest BCUT2D eigenvalue weighted by molar-refractivity contribution is -0.131. The number of nitrogens with one attached hydrogen (secondary N) is 1. The zero-order chi connectivity index (χ0) is 20.3. The summed E-state index contributed by atoms with van der Waals surface area (Å²) in [6, 6.07) is 15.0. The molecule has 0 radical (unpaired) electrons. The van der Waals surface area contributed by atoms with Gasteiger partial charge in [-0.2, -0.15) is 8.75 Å². The van der Waals surface area contributed by atoms with Crippen molar-refractivity contribution in [2.24, 2.45) is 0 Å². The first-order chi connectivity index (χ1) is 14.0. The second-order valence-corrected chi connectivity index (χ2v) is 9.00. The highest BCUT2D eigenvalue weighted by molar-refractivity contribution is 7.89. The van der Waals surface area contributed by atoms with Gasteiger partial charge in [-0.1, -0.05) is 24.3 Å². The number of carbonyl (C=O) groups is 1. The Bertz CT molecular complexity index is 1090. The topological polar surface area (TPSA) is 95.5 Å². The second kappa shape index (κ2) is 8.44. The smallest absolute Gasteiger partial charge is 0.242 e. The van der Waals surface area contributed by atoms with Gasteiger partial charge in [-0.15, -0.1) is 0 Å². The summed E-state index contributed by atoms with van der Waals surface area (Å²) in [5.74, 6) is -0.0473. The predicted octanol–water partition coefficient (Wildman–Crippen LogP) is 1.71. The number of para-hydroxylation sites is 1. The molecule has 1 saturated heterocycles. The minimum absolute atomic E-state index is 0.0473. The highest BCUT2D eigenvalue weighted by Gasteiger charge is 2.23. The van der Waals surface area contributed by atoms with Gasteiger partial charge in [-0.05, 0) is 24.3 Å². The van der Waals surface area contributed by atoms with E-state index in [-0.39, 0.29) is 23.8 Å². The van der Waals surface area contributed by atoms with E-state index in [0.717, 1.165) is 30.5 Å². The summed E-state index contributed by atoms with van der Waals surface area (Å²) in [6.07, 6.45) is 0.121. The van der Waals surface area contributed by atoms with E-state index in [2.05, 4.69) is 30.5 Å². The summed E-state index contributed by atoms with van der Waals surface area (Å²) in [5, 5.41) is 0. The van der Waals surface area contributed by atoms with Crippen LogP contribution in [-0.4, -0.2) is 60.7 Å². The average molecular weight is 432 g/mol. The van der Waals surface area contributed by atoms with Crippen molar-refractivity contribution in [3.05, 3.63) is 48.5 Å². The van der Waals surface area contributed by atoms with Crippen LogP contribution in [0.25, 0.3) is 11.0 Å². The molecular weight excluding hydrogens is 410 g/mol. The molecule has 4 rings (SSSR count). The summed E-state index contributed by atoms with van der Waals surface area (Å²) in [4.78, 5) is 16.6. The van der Waals surface area contributed by atoms with Gasteiger partial charge in [0.1, 0.15) is 15.9 Å². The van der Waals surface area contributed by atoms with Crippen LogP contribution in [0, 0.1) is 0 Å². The Balaban J connectivity index is 1.30. The van der Waals surface area contributed by atoms with Crippen molar-refractivity contribution >= 4 is 44.4 Å². The number of carbonyl (C=O) groups excluding carboxylic acids is 1. The molecule has 1 aliphatic rings. The normalized spacial score (nSPS) is 15.0. The van der Waals surface area contributed by atoms with Gasteiger partial charge in [0.05, 0.1) is 11.7 Å². The Morgan fingerprint density at radius 1 is 1.00 bits per heavy atom. The molecule has 1 N–H and O–H groups in total. The second-order valence-electron chi connectivity index (χ2n) is 6.74. The van der Waals surface area contributed by atoms with Gasteiger partial charge in [0.25, 0.3) is 0 Å². The third-order valence-electron chi connectivity index (χ3n) is 4.92. The molecule has 0 spiro atoms. The van der Waals surface area contributed by atoms with Crippen LogP contribution in [0.4, 0.5) is 5.69 Å². The molecule has 10 heteroatoms. The molecular formula is C19H21N5O3S2. The van der Waals surface area contributed by atoms with E-state index in [4.69, 9.17) is 0 Å². The average Bonchev–Trinajstić information content (AvgIpc) is 3.23. The maximum atomic E-state index is 12.6. The Morgan fingerprint density at radius 3 is 2.52 bits per heavy atom. The molecule has 0 unspecified atom stereocenters. The number of benzene rings is 2. The number of fused-ring (bicyclic) bond motifs is 1. The Hall–Kier alpha value is -2.56. The van der Waals surface area contributed by atoms with Crippen molar-refractivity contribution in [2.75, 3.05) is 37.6 Å². The fraction of sp³-hybridized carbons (Fsp3) is 0.316. The number of hydrogen-bond donors (Lipinski definition) is 1. The molecule has 29 heavy (non-hydrogen) atoms. The third kappa shape index (κ3) is 4.39. The van der Waals surface area contributed by atoms with E-state index in [0.29, 0.717) is 24.1 Å². The number of nitrogens with zero attached hydrogens (tertiary/aromatic N) is 4. The summed E-state index contributed by atoms with van der Waals surface area (Å²) in [6.45, 7) is 2.84. The van der Waals surface area contributed by atoms with Crippen LogP contribution in [0.15, 0.2) is 53.4 Å². The quantitative estimate of drug-likeness (QED) is 0.638. The molecule has 0 bridgehead atoms. The molecule has 2 aromatic carbocycles. The van der Waals surface area contributed by atoms with Crippen molar-refractivity contribution in [3.63, 3.8) is 0 Å². The number of anilines is 1. The van der Waals surface area contributed by atoms with Crippen LogP contribution < -0.4 is 9.62 Å². The minimum atomic E-state index is -3.75. The fourth-order valence-electron chi connectivity index (χ4n) is 3.38. The largest absolute Gasteiger partial charge is 0.368 e. The van der Waals surface area contributed by atoms with Crippen molar-refractivity contribution < 1.29 is 13.2 Å². The van der Waals surface area contributed by atoms with Crippen molar-refractivity contribution in [1.29, 1.82) is 0 Å². The summed E-state index contributed by atoms with van der Waals surface area (Å²) >= 11 is 0.972. The highest BCUT2D eigenvalue weighted by atomic mass is 32.2. The van der Waals surface area contributed by atoms with E-state index < -0.39 is 10.0 Å². The zero-order valence-corrected chi connectivity index (χ0v) is 17.3. The van der Waals surface area contributed by atoms with E-state index in [1.54, 1.807) is 17.0 Å². The van der Waals surface area contributed by atoms with Crippen LogP contribution in [0.1, 0.15) is 6.42 Å². The van der Waals surface area contributed by atoms with Gasteiger partial charge in [-0.3, -0.25) is 4.79 Å². The first-order valence-electron chi connectivity index (χ1n) is 9.33. The Labute approximate surface area is 173 Å². The van der Waals surface area contributed by atoms with Crippen LogP contribution in [0.5, 0.6) is 0 Å². The predicted molar refractivity (Wildman–Crippen MR) is 112 cm³/mol. The zero-order valence-electron chi connectivity index (χ0n) is 15.7. The van der Waals surface area contributed by atoms with E-state index >= 15 is 0 Å². The Morgan fingerprint density at radius 2 is 1.76 bits per heavy atom. The maximum Gasteiger partial charge on any atom is 0.242 e. The number of sulfonamides is 1. The lowest BCUT2D eigenvalue weighted by atomic mass is 10.2. The number of rotatable bonds is 6. The Kier molecular flexibility index (Phi) is 5.74. The lowest BCUT2D eigenvalue weighted by Crippen LogP contribution is -2.49. The fourth-order valence-corrected chi connectivity index (χ4v) is 5.18. The summed E-state index contributed by atoms with van der Waals surface area (Å²) in [5.41, 5.74) is 2.05. The first kappa shape index (κ1) is 19.7.